The molecule has 5 nitrogen and oxygen atoms in total. The van der Waals surface area contributed by atoms with Crippen LogP contribution >= 0.6 is 22.7 Å². The predicted octanol–water partition coefficient (Wildman–Crippen LogP) is 6.42. The normalized spacial score (nSPS) is 15.4. The molecule has 0 aliphatic heterocycles. The summed E-state index contributed by atoms with van der Waals surface area (Å²) in [5.74, 6) is 1.56. The van der Waals surface area contributed by atoms with Crippen LogP contribution in [0.3, 0.4) is 0 Å². The van der Waals surface area contributed by atoms with Crippen molar-refractivity contribution in [3.8, 4) is 22.1 Å². The Hall–Kier alpha value is -2.90. The number of amides is 1. The first kappa shape index (κ1) is 21.0. The standard InChI is InChI=1S/C25H24N2O3S2/c1-14-8-10-16-21(12-14)32-25(22(16)24-26-18-6-4-5-7-20(18)31-24)27-23(28)17-13-15(29-2)9-11-19(17)30-3/h4-7,9,11,13-14H,8,10,12H2,1-3H3,(H,27,28)/t14-/m0/s1. The molecule has 5 rings (SSSR count). The van der Waals surface area contributed by atoms with E-state index in [4.69, 9.17) is 14.5 Å². The minimum absolute atomic E-state index is 0.213. The Bertz CT molecular complexity index is 1280. The first-order valence-corrected chi connectivity index (χ1v) is 12.2. The second-order valence-electron chi connectivity index (χ2n) is 8.06. The summed E-state index contributed by atoms with van der Waals surface area (Å²) >= 11 is 3.36. The number of carbonyl (C=O) groups is 1. The highest BCUT2D eigenvalue weighted by atomic mass is 32.1. The number of nitrogens with zero attached hydrogens (tertiary/aromatic N) is 1. The number of fused-ring (bicyclic) bond motifs is 2. The summed E-state index contributed by atoms with van der Waals surface area (Å²) in [4.78, 5) is 19.6. The molecule has 4 aromatic rings. The van der Waals surface area contributed by atoms with Crippen LogP contribution in [0.5, 0.6) is 11.5 Å². The lowest BCUT2D eigenvalue weighted by atomic mass is 9.88. The molecule has 1 aliphatic rings. The number of anilines is 1. The molecule has 32 heavy (non-hydrogen) atoms. The molecule has 164 valence electrons. The summed E-state index contributed by atoms with van der Waals surface area (Å²) in [6.07, 6.45) is 3.20. The molecule has 0 radical (unpaired) electrons. The highest BCUT2D eigenvalue weighted by molar-refractivity contribution is 7.23. The lowest BCUT2D eigenvalue weighted by Crippen LogP contribution is -2.13. The molecule has 2 aromatic carbocycles. The zero-order valence-electron chi connectivity index (χ0n) is 18.2. The van der Waals surface area contributed by atoms with Crippen molar-refractivity contribution < 1.29 is 14.3 Å². The Morgan fingerprint density at radius 2 is 1.97 bits per heavy atom. The summed E-state index contributed by atoms with van der Waals surface area (Å²) in [7, 11) is 3.15. The van der Waals surface area contributed by atoms with Crippen molar-refractivity contribution in [3.05, 3.63) is 58.5 Å². The van der Waals surface area contributed by atoms with Crippen LogP contribution < -0.4 is 14.8 Å². The fourth-order valence-corrected chi connectivity index (χ4v) is 6.72. The Balaban J connectivity index is 1.59. The summed E-state index contributed by atoms with van der Waals surface area (Å²) in [5, 5.41) is 5.00. The van der Waals surface area contributed by atoms with Gasteiger partial charge in [0, 0.05) is 10.4 Å². The van der Waals surface area contributed by atoms with Crippen LogP contribution in [0.1, 0.15) is 34.1 Å². The highest BCUT2D eigenvalue weighted by Crippen LogP contribution is 2.47. The van der Waals surface area contributed by atoms with Crippen molar-refractivity contribution in [2.75, 3.05) is 19.5 Å². The number of benzene rings is 2. The second-order valence-corrected chi connectivity index (χ2v) is 10.2. The molecule has 1 aliphatic carbocycles. The number of thiophene rings is 1. The van der Waals surface area contributed by atoms with E-state index in [-0.39, 0.29) is 5.91 Å². The number of ether oxygens (including phenoxy) is 2. The van der Waals surface area contributed by atoms with Crippen molar-refractivity contribution in [2.24, 2.45) is 5.92 Å². The van der Waals surface area contributed by atoms with E-state index >= 15 is 0 Å². The van der Waals surface area contributed by atoms with Gasteiger partial charge in [-0.2, -0.15) is 0 Å². The monoisotopic (exact) mass is 464 g/mol. The molecule has 7 heteroatoms. The van der Waals surface area contributed by atoms with Crippen LogP contribution in [0.4, 0.5) is 5.00 Å². The van der Waals surface area contributed by atoms with Gasteiger partial charge in [0.05, 0.1) is 30.0 Å². The smallest absolute Gasteiger partial charge is 0.260 e. The molecule has 1 atom stereocenters. The van der Waals surface area contributed by atoms with E-state index in [1.165, 1.54) is 10.4 Å². The van der Waals surface area contributed by atoms with Gasteiger partial charge in [-0.25, -0.2) is 4.98 Å². The molecular formula is C25H24N2O3S2. The van der Waals surface area contributed by atoms with Crippen LogP contribution in [0.2, 0.25) is 0 Å². The average molecular weight is 465 g/mol. The van der Waals surface area contributed by atoms with E-state index in [0.29, 0.717) is 23.0 Å². The van der Waals surface area contributed by atoms with Gasteiger partial charge in [0.15, 0.2) is 0 Å². The molecule has 0 bridgehead atoms. The molecule has 2 heterocycles. The molecule has 0 fully saturated rings. The van der Waals surface area contributed by atoms with E-state index < -0.39 is 0 Å². The fourth-order valence-electron chi connectivity index (χ4n) is 4.21. The van der Waals surface area contributed by atoms with Crippen LogP contribution in [-0.2, 0) is 12.8 Å². The Labute approximate surface area is 195 Å². The number of aromatic nitrogens is 1. The first-order chi connectivity index (χ1) is 15.6. The van der Waals surface area contributed by atoms with Crippen LogP contribution in [0.15, 0.2) is 42.5 Å². The molecule has 0 saturated carbocycles. The number of thiazole rings is 1. The maximum atomic E-state index is 13.3. The highest BCUT2D eigenvalue weighted by Gasteiger charge is 2.28. The van der Waals surface area contributed by atoms with Crippen molar-refractivity contribution >= 4 is 43.8 Å². The lowest BCUT2D eigenvalue weighted by Gasteiger charge is -2.18. The molecule has 1 amide bonds. The van der Waals surface area contributed by atoms with Crippen LogP contribution in [0, 0.1) is 5.92 Å². The Kier molecular flexibility index (Phi) is 5.61. The van der Waals surface area contributed by atoms with E-state index in [9.17, 15) is 4.79 Å². The number of carbonyl (C=O) groups excluding carboxylic acids is 1. The van der Waals surface area contributed by atoms with Gasteiger partial charge in [0.2, 0.25) is 0 Å². The zero-order valence-corrected chi connectivity index (χ0v) is 19.9. The minimum Gasteiger partial charge on any atom is -0.497 e. The maximum absolute atomic E-state index is 13.3. The lowest BCUT2D eigenvalue weighted by molar-refractivity contribution is 0.102. The third-order valence-electron chi connectivity index (χ3n) is 5.90. The maximum Gasteiger partial charge on any atom is 0.260 e. The molecule has 0 spiro atoms. The van der Waals surface area contributed by atoms with Gasteiger partial charge >= 0.3 is 0 Å². The molecule has 1 N–H and O–H groups in total. The quantitative estimate of drug-likeness (QED) is 0.370. The van der Waals surface area contributed by atoms with Crippen LogP contribution in [-0.4, -0.2) is 25.1 Å². The summed E-state index contributed by atoms with van der Waals surface area (Å²) in [5.41, 5.74) is 3.85. The Morgan fingerprint density at radius 3 is 2.75 bits per heavy atom. The van der Waals surface area contributed by atoms with Crippen molar-refractivity contribution in [1.29, 1.82) is 0 Å². The van der Waals surface area contributed by atoms with Gasteiger partial charge in [0.1, 0.15) is 21.5 Å². The topological polar surface area (TPSA) is 60.5 Å². The largest absolute Gasteiger partial charge is 0.497 e. The van der Waals surface area contributed by atoms with E-state index in [2.05, 4.69) is 18.3 Å². The number of nitrogens with one attached hydrogen (secondary N) is 1. The number of rotatable bonds is 5. The second kappa shape index (κ2) is 8.56. The van der Waals surface area contributed by atoms with Gasteiger partial charge in [-0.15, -0.1) is 22.7 Å². The van der Waals surface area contributed by atoms with Crippen molar-refractivity contribution in [2.45, 2.75) is 26.2 Å². The van der Waals surface area contributed by atoms with E-state index in [1.54, 1.807) is 55.1 Å². The molecular weight excluding hydrogens is 440 g/mol. The van der Waals surface area contributed by atoms with Gasteiger partial charge in [-0.3, -0.25) is 4.79 Å². The molecule has 2 aromatic heterocycles. The summed E-state index contributed by atoms with van der Waals surface area (Å²) < 4.78 is 11.9. The third-order valence-corrected chi connectivity index (χ3v) is 8.12. The predicted molar refractivity (Wildman–Crippen MR) is 132 cm³/mol. The third kappa shape index (κ3) is 3.76. The van der Waals surface area contributed by atoms with E-state index in [1.807, 2.05) is 18.2 Å². The SMILES string of the molecule is COc1ccc(OC)c(C(=O)Nc2sc3c(c2-c2nc4ccccc4s2)CC[C@H](C)C3)c1. The van der Waals surface area contributed by atoms with Gasteiger partial charge in [0.25, 0.3) is 5.91 Å². The van der Waals surface area contributed by atoms with Gasteiger partial charge in [-0.05, 0) is 61.1 Å². The van der Waals surface area contributed by atoms with Crippen molar-refractivity contribution in [3.63, 3.8) is 0 Å². The Morgan fingerprint density at radius 1 is 1.12 bits per heavy atom. The van der Waals surface area contributed by atoms with Crippen molar-refractivity contribution in [1.82, 2.24) is 4.98 Å². The number of hydrogen-bond donors (Lipinski definition) is 1. The number of methoxy groups -OCH3 is 2. The number of para-hydroxylation sites is 1. The summed E-state index contributed by atoms with van der Waals surface area (Å²) in [6, 6.07) is 13.4. The number of hydrogen-bond acceptors (Lipinski definition) is 6. The molecule has 0 saturated heterocycles. The fraction of sp³-hybridized carbons (Fsp3) is 0.280. The van der Waals surface area contributed by atoms with Gasteiger partial charge < -0.3 is 14.8 Å². The minimum atomic E-state index is -0.213. The van der Waals surface area contributed by atoms with Gasteiger partial charge in [-0.1, -0.05) is 19.1 Å². The summed E-state index contributed by atoms with van der Waals surface area (Å²) in [6.45, 7) is 2.29. The average Bonchev–Trinajstić information content (AvgIpc) is 3.38. The zero-order chi connectivity index (χ0) is 22.2. The van der Waals surface area contributed by atoms with E-state index in [0.717, 1.165) is 45.1 Å². The van der Waals surface area contributed by atoms with Crippen LogP contribution in [0.25, 0.3) is 20.8 Å². The first-order valence-electron chi connectivity index (χ1n) is 10.6. The molecule has 0 unspecified atom stereocenters.